The molecule has 1 atom stereocenters. The minimum atomic E-state index is -0.972. The van der Waals surface area contributed by atoms with E-state index in [0.717, 1.165) is 0 Å². The van der Waals surface area contributed by atoms with Crippen molar-refractivity contribution in [1.82, 2.24) is 0 Å². The first kappa shape index (κ1) is 13.2. The van der Waals surface area contributed by atoms with Crippen molar-refractivity contribution in [2.24, 2.45) is 5.92 Å². The van der Waals surface area contributed by atoms with Gasteiger partial charge in [0.25, 0.3) is 0 Å². The van der Waals surface area contributed by atoms with Gasteiger partial charge in [-0.1, -0.05) is 19.1 Å². The van der Waals surface area contributed by atoms with Gasteiger partial charge in [-0.25, -0.2) is 0 Å². The van der Waals surface area contributed by atoms with E-state index in [-0.39, 0.29) is 12.2 Å². The van der Waals surface area contributed by atoms with Crippen LogP contribution in [0, 0.1) is 5.92 Å². The van der Waals surface area contributed by atoms with Crippen LogP contribution in [0.5, 0.6) is 5.75 Å². The van der Waals surface area contributed by atoms with Gasteiger partial charge in [0, 0.05) is 5.92 Å². The highest BCUT2D eigenvalue weighted by Gasteiger charge is 2.20. The molecule has 1 aromatic carbocycles. The molecule has 17 heavy (non-hydrogen) atoms. The number of ether oxygens (including phenoxy) is 1. The molecule has 1 N–H and O–H groups in total. The Labute approximate surface area is 100 Å². The number of rotatable bonds is 6. The number of carboxylic acids is 1. The Bertz CT molecular complexity index is 412. The number of ketones is 1. The van der Waals surface area contributed by atoms with Crippen LogP contribution in [0.3, 0.4) is 0 Å². The molecule has 0 aliphatic heterocycles. The van der Waals surface area contributed by atoms with Gasteiger partial charge in [0.2, 0.25) is 0 Å². The predicted molar refractivity (Wildman–Crippen MR) is 63.4 cm³/mol. The third-order valence-corrected chi connectivity index (χ3v) is 2.38. The zero-order valence-corrected chi connectivity index (χ0v) is 9.97. The largest absolute Gasteiger partial charge is 0.493 e. The molecule has 0 aromatic heterocycles. The minimum absolute atomic E-state index is 0.167. The van der Waals surface area contributed by atoms with E-state index < -0.39 is 11.9 Å². The number of carboxylic acid groups (broad SMARTS) is 1. The number of para-hydroxylation sites is 1. The number of carbonyl (C=O) groups is 2. The van der Waals surface area contributed by atoms with Gasteiger partial charge in [-0.3, -0.25) is 9.59 Å². The van der Waals surface area contributed by atoms with Gasteiger partial charge < -0.3 is 9.84 Å². The number of aliphatic carboxylic acids is 1. The van der Waals surface area contributed by atoms with Crippen LogP contribution in [0.15, 0.2) is 24.3 Å². The van der Waals surface area contributed by atoms with Gasteiger partial charge in [0.05, 0.1) is 18.6 Å². The molecular formula is C13H16O4. The number of hydrogen-bond donors (Lipinski definition) is 1. The minimum Gasteiger partial charge on any atom is -0.493 e. The van der Waals surface area contributed by atoms with Crippen molar-refractivity contribution in [3.63, 3.8) is 0 Å². The van der Waals surface area contributed by atoms with E-state index in [1.165, 1.54) is 0 Å². The number of carbonyl (C=O) groups excluding carboxylic acids is 1. The lowest BCUT2D eigenvalue weighted by Crippen LogP contribution is -2.16. The third kappa shape index (κ3) is 3.59. The van der Waals surface area contributed by atoms with E-state index in [4.69, 9.17) is 9.84 Å². The van der Waals surface area contributed by atoms with Crippen molar-refractivity contribution < 1.29 is 19.4 Å². The Balaban J connectivity index is 2.91. The molecule has 4 nitrogen and oxygen atoms in total. The van der Waals surface area contributed by atoms with Gasteiger partial charge in [-0.2, -0.15) is 0 Å². The molecule has 0 aliphatic rings. The Morgan fingerprint density at radius 1 is 1.35 bits per heavy atom. The molecule has 92 valence electrons. The number of Topliss-reactive ketones (excluding diaryl/α,β-unsaturated/α-hetero) is 1. The summed E-state index contributed by atoms with van der Waals surface area (Å²) in [4.78, 5) is 22.6. The first-order valence-electron chi connectivity index (χ1n) is 5.54. The molecule has 1 rings (SSSR count). The standard InChI is InChI=1S/C13H16O4/c1-3-17-11-7-5-4-6-10(11)13(16)9(2)8-12(14)15/h4-7,9H,3,8H2,1-2H3,(H,14,15). The molecule has 0 spiro atoms. The Morgan fingerprint density at radius 2 is 2.00 bits per heavy atom. The normalized spacial score (nSPS) is 11.9. The molecule has 0 saturated carbocycles. The summed E-state index contributed by atoms with van der Waals surface area (Å²) in [5, 5.41) is 8.67. The van der Waals surface area contributed by atoms with E-state index in [9.17, 15) is 9.59 Å². The molecule has 0 radical (unpaired) electrons. The molecule has 1 aromatic rings. The lowest BCUT2D eigenvalue weighted by molar-refractivity contribution is -0.137. The van der Waals surface area contributed by atoms with Crippen molar-refractivity contribution in [1.29, 1.82) is 0 Å². The summed E-state index contributed by atoms with van der Waals surface area (Å²) in [7, 11) is 0. The van der Waals surface area contributed by atoms with Crippen molar-refractivity contribution in [3.8, 4) is 5.75 Å². The van der Waals surface area contributed by atoms with Gasteiger partial charge in [-0.05, 0) is 19.1 Å². The highest BCUT2D eigenvalue weighted by Crippen LogP contribution is 2.22. The van der Waals surface area contributed by atoms with E-state index in [2.05, 4.69) is 0 Å². The first-order chi connectivity index (χ1) is 8.06. The molecule has 0 amide bonds. The van der Waals surface area contributed by atoms with E-state index >= 15 is 0 Å². The quantitative estimate of drug-likeness (QED) is 0.770. The summed E-state index contributed by atoms with van der Waals surface area (Å²) >= 11 is 0. The molecule has 0 fully saturated rings. The summed E-state index contributed by atoms with van der Waals surface area (Å²) in [5.74, 6) is -1.21. The van der Waals surface area contributed by atoms with Crippen LogP contribution in [-0.4, -0.2) is 23.5 Å². The van der Waals surface area contributed by atoms with Gasteiger partial charge in [0.1, 0.15) is 5.75 Å². The van der Waals surface area contributed by atoms with Crippen molar-refractivity contribution in [2.45, 2.75) is 20.3 Å². The summed E-state index contributed by atoms with van der Waals surface area (Å²) in [6, 6.07) is 6.89. The zero-order valence-electron chi connectivity index (χ0n) is 9.97. The van der Waals surface area contributed by atoms with Gasteiger partial charge in [-0.15, -0.1) is 0 Å². The maximum absolute atomic E-state index is 12.0. The molecule has 0 saturated heterocycles. The van der Waals surface area contributed by atoms with Gasteiger partial charge in [0.15, 0.2) is 5.78 Å². The molecule has 4 heteroatoms. The van der Waals surface area contributed by atoms with E-state index in [1.807, 2.05) is 6.92 Å². The van der Waals surface area contributed by atoms with Crippen LogP contribution < -0.4 is 4.74 Å². The fraction of sp³-hybridized carbons (Fsp3) is 0.385. The van der Waals surface area contributed by atoms with Crippen LogP contribution in [0.25, 0.3) is 0 Å². The molecule has 0 heterocycles. The average Bonchev–Trinajstić information content (AvgIpc) is 2.28. The number of hydrogen-bond acceptors (Lipinski definition) is 3. The summed E-state index contributed by atoms with van der Waals surface area (Å²) in [5.41, 5.74) is 0.447. The summed E-state index contributed by atoms with van der Waals surface area (Å²) in [6.45, 7) is 3.92. The van der Waals surface area contributed by atoms with Crippen LogP contribution in [0.4, 0.5) is 0 Å². The maximum Gasteiger partial charge on any atom is 0.304 e. The second-order valence-electron chi connectivity index (χ2n) is 3.79. The van der Waals surface area contributed by atoms with E-state index in [0.29, 0.717) is 17.9 Å². The Kier molecular flexibility index (Phi) is 4.69. The second-order valence-corrected chi connectivity index (χ2v) is 3.79. The SMILES string of the molecule is CCOc1ccccc1C(=O)C(C)CC(=O)O. The van der Waals surface area contributed by atoms with Crippen molar-refractivity contribution in [3.05, 3.63) is 29.8 Å². The molecule has 1 unspecified atom stereocenters. The second kappa shape index (κ2) is 6.03. The Hall–Kier alpha value is -1.84. The van der Waals surface area contributed by atoms with Gasteiger partial charge >= 0.3 is 5.97 Å². The predicted octanol–water partition coefficient (Wildman–Crippen LogP) is 2.38. The lowest BCUT2D eigenvalue weighted by atomic mass is 9.96. The number of benzene rings is 1. The zero-order chi connectivity index (χ0) is 12.8. The monoisotopic (exact) mass is 236 g/mol. The average molecular weight is 236 g/mol. The molecule has 0 aliphatic carbocycles. The topological polar surface area (TPSA) is 63.6 Å². The van der Waals surface area contributed by atoms with Crippen LogP contribution in [0.2, 0.25) is 0 Å². The fourth-order valence-electron chi connectivity index (χ4n) is 1.57. The Morgan fingerprint density at radius 3 is 2.59 bits per heavy atom. The van der Waals surface area contributed by atoms with Crippen molar-refractivity contribution in [2.75, 3.05) is 6.61 Å². The third-order valence-electron chi connectivity index (χ3n) is 2.38. The fourth-order valence-corrected chi connectivity index (χ4v) is 1.57. The van der Waals surface area contributed by atoms with Crippen LogP contribution in [-0.2, 0) is 4.79 Å². The first-order valence-corrected chi connectivity index (χ1v) is 5.54. The highest BCUT2D eigenvalue weighted by atomic mass is 16.5. The molecule has 0 bridgehead atoms. The summed E-state index contributed by atoms with van der Waals surface area (Å²) in [6.07, 6.45) is -0.167. The highest BCUT2D eigenvalue weighted by molar-refractivity contribution is 6.01. The van der Waals surface area contributed by atoms with Crippen molar-refractivity contribution >= 4 is 11.8 Å². The smallest absolute Gasteiger partial charge is 0.304 e. The lowest BCUT2D eigenvalue weighted by Gasteiger charge is -2.12. The van der Waals surface area contributed by atoms with Crippen LogP contribution in [0.1, 0.15) is 30.6 Å². The summed E-state index contributed by atoms with van der Waals surface area (Å²) < 4.78 is 5.35. The maximum atomic E-state index is 12.0. The van der Waals surface area contributed by atoms with E-state index in [1.54, 1.807) is 31.2 Å². The molecular weight excluding hydrogens is 220 g/mol. The van der Waals surface area contributed by atoms with Crippen LogP contribution >= 0.6 is 0 Å².